The Hall–Kier alpha value is -0.360. The fourth-order valence-corrected chi connectivity index (χ4v) is 12.5. The summed E-state index contributed by atoms with van der Waals surface area (Å²) in [5.41, 5.74) is 6.50. The van der Waals surface area contributed by atoms with Gasteiger partial charge in [0.1, 0.15) is 0 Å². The molecule has 0 spiro atoms. The lowest BCUT2D eigenvalue weighted by atomic mass is 9.71. The van der Waals surface area contributed by atoms with Gasteiger partial charge in [-0.3, -0.25) is 42.5 Å². The fourth-order valence-electron chi connectivity index (χ4n) is 12.5. The zero-order valence-corrected chi connectivity index (χ0v) is 25.7. The number of hydrogen-bond donors (Lipinski definition) is 9. The molecule has 5 aliphatic heterocycles. The van der Waals surface area contributed by atoms with Crippen LogP contribution in [0.1, 0.15) is 96.3 Å². The molecular weight excluding hydrogens is 522 g/mol. The van der Waals surface area contributed by atoms with Gasteiger partial charge in [-0.05, 0) is 111 Å². The fraction of sp³-hybridized carbons (Fsp3) is 1.00. The van der Waals surface area contributed by atoms with Crippen LogP contribution in [0.5, 0.6) is 0 Å². The molecule has 0 amide bonds. The van der Waals surface area contributed by atoms with Crippen molar-refractivity contribution in [1.82, 2.24) is 42.5 Å². The zero-order valence-electron chi connectivity index (χ0n) is 25.7. The van der Waals surface area contributed by atoms with Gasteiger partial charge in [0.25, 0.3) is 0 Å². The van der Waals surface area contributed by atoms with Gasteiger partial charge < -0.3 is 5.73 Å². The molecule has 4 aliphatic carbocycles. The SMILES string of the molecule is NCC1CCCC2C3NC4NC(NC5NC(NC6NC(NC(N3)C12)C1CCCCC61)C1CCCCC51)C1CCCCC41. The highest BCUT2D eigenvalue weighted by molar-refractivity contribution is 5.09. The Balaban J connectivity index is 1.06. The first-order chi connectivity index (χ1) is 20.7. The summed E-state index contributed by atoms with van der Waals surface area (Å²) < 4.78 is 0. The van der Waals surface area contributed by atoms with Crippen molar-refractivity contribution in [2.24, 2.45) is 59.0 Å². The average molecular weight is 582 g/mol. The second kappa shape index (κ2) is 11.5. The van der Waals surface area contributed by atoms with Crippen LogP contribution in [0, 0.1) is 53.3 Å². The summed E-state index contributed by atoms with van der Waals surface area (Å²) in [7, 11) is 0. The van der Waals surface area contributed by atoms with Crippen LogP contribution in [0.4, 0.5) is 0 Å². The molecule has 236 valence electrons. The lowest BCUT2D eigenvalue weighted by Crippen LogP contribution is -2.62. The molecule has 9 rings (SSSR count). The van der Waals surface area contributed by atoms with E-state index in [9.17, 15) is 0 Å². The molecule has 9 fully saturated rings. The van der Waals surface area contributed by atoms with E-state index in [1.165, 1.54) is 96.3 Å². The Morgan fingerprint density at radius 2 is 0.619 bits per heavy atom. The molecule has 9 aliphatic rings. The van der Waals surface area contributed by atoms with Gasteiger partial charge in [-0.15, -0.1) is 0 Å². The molecular formula is C33H59N9. The van der Waals surface area contributed by atoms with Gasteiger partial charge in [0.15, 0.2) is 0 Å². The molecule has 0 radical (unpaired) electrons. The Labute approximate surface area is 253 Å². The smallest absolute Gasteiger partial charge is 0.0631 e. The summed E-state index contributed by atoms with van der Waals surface area (Å²) in [6.07, 6.45) is 23.4. The van der Waals surface area contributed by atoms with E-state index in [1.807, 2.05) is 0 Å². The molecule has 5 saturated heterocycles. The molecule has 0 aromatic rings. The summed E-state index contributed by atoms with van der Waals surface area (Å²) in [6.45, 7) is 0.817. The maximum absolute atomic E-state index is 6.50. The van der Waals surface area contributed by atoms with Gasteiger partial charge in [0.05, 0.1) is 49.3 Å². The van der Waals surface area contributed by atoms with Gasteiger partial charge in [-0.25, -0.2) is 0 Å². The van der Waals surface area contributed by atoms with Crippen LogP contribution in [0.3, 0.4) is 0 Å². The molecule has 10 N–H and O–H groups in total. The summed E-state index contributed by atoms with van der Waals surface area (Å²) in [6, 6.07) is 0. The highest BCUT2D eigenvalue weighted by Gasteiger charge is 2.55. The third-order valence-electron chi connectivity index (χ3n) is 14.3. The van der Waals surface area contributed by atoms with Crippen LogP contribution < -0.4 is 48.3 Å². The van der Waals surface area contributed by atoms with Crippen molar-refractivity contribution >= 4 is 0 Å². The van der Waals surface area contributed by atoms with Crippen LogP contribution in [0.25, 0.3) is 0 Å². The second-order valence-electron chi connectivity index (χ2n) is 16.2. The van der Waals surface area contributed by atoms with E-state index in [1.54, 1.807) is 0 Å². The van der Waals surface area contributed by atoms with Gasteiger partial charge in [-0.2, -0.15) is 0 Å². The minimum absolute atomic E-state index is 0.322. The first-order valence-corrected chi connectivity index (χ1v) is 18.5. The molecule has 9 heteroatoms. The molecule has 9 nitrogen and oxygen atoms in total. The maximum atomic E-state index is 6.50. The van der Waals surface area contributed by atoms with Gasteiger partial charge in [0.2, 0.25) is 0 Å². The van der Waals surface area contributed by atoms with E-state index in [-0.39, 0.29) is 0 Å². The van der Waals surface area contributed by atoms with Crippen LogP contribution in [-0.4, -0.2) is 55.9 Å². The van der Waals surface area contributed by atoms with Crippen molar-refractivity contribution in [2.75, 3.05) is 6.54 Å². The number of nitrogens with two attached hydrogens (primary N) is 1. The lowest BCUT2D eigenvalue weighted by molar-refractivity contribution is 0.126. The Bertz CT molecular complexity index is 964. The number of nitrogens with one attached hydrogen (secondary N) is 8. The van der Waals surface area contributed by atoms with E-state index in [0.29, 0.717) is 84.8 Å². The molecule has 17 atom stereocenters. The van der Waals surface area contributed by atoms with Crippen LogP contribution >= 0.6 is 0 Å². The Kier molecular flexibility index (Phi) is 7.62. The lowest BCUT2D eigenvalue weighted by Gasteiger charge is -2.39. The molecule has 42 heavy (non-hydrogen) atoms. The monoisotopic (exact) mass is 581 g/mol. The zero-order chi connectivity index (χ0) is 27.8. The predicted octanol–water partition coefficient (Wildman–Crippen LogP) is 1.79. The summed E-state index contributed by atoms with van der Waals surface area (Å²) in [5.74, 6) is 6.17. The number of hydrogen-bond acceptors (Lipinski definition) is 9. The normalized spacial score (nSPS) is 57.2. The quantitative estimate of drug-likeness (QED) is 0.228. The molecule has 0 aromatic heterocycles. The summed E-state index contributed by atoms with van der Waals surface area (Å²) in [5, 5.41) is 33.8. The topological polar surface area (TPSA) is 122 Å². The average Bonchev–Trinajstić information content (AvgIpc) is 3.76. The van der Waals surface area contributed by atoms with E-state index < -0.39 is 0 Å². The van der Waals surface area contributed by atoms with Crippen LogP contribution in [0.2, 0.25) is 0 Å². The van der Waals surface area contributed by atoms with Crippen LogP contribution in [0.15, 0.2) is 0 Å². The molecule has 0 aromatic carbocycles. The van der Waals surface area contributed by atoms with E-state index in [0.717, 1.165) is 24.3 Å². The van der Waals surface area contributed by atoms with Crippen molar-refractivity contribution in [3.05, 3.63) is 0 Å². The third kappa shape index (κ3) is 4.66. The largest absolute Gasteiger partial charge is 0.330 e. The first kappa shape index (κ1) is 27.9. The van der Waals surface area contributed by atoms with E-state index >= 15 is 0 Å². The second-order valence-corrected chi connectivity index (χ2v) is 16.2. The molecule has 17 unspecified atom stereocenters. The Morgan fingerprint density at radius 3 is 0.952 bits per heavy atom. The van der Waals surface area contributed by atoms with Crippen LogP contribution in [-0.2, 0) is 0 Å². The number of rotatable bonds is 1. The van der Waals surface area contributed by atoms with E-state index in [2.05, 4.69) is 42.5 Å². The minimum atomic E-state index is 0.322. The predicted molar refractivity (Wildman–Crippen MR) is 165 cm³/mol. The number of fused-ring (bicyclic) bond motifs is 20. The standard InChI is InChI=1S/C33H59N9/c34-16-17-8-7-15-24-25(17)33-41-31-23-14-6-5-13-22(23)29(39-31)37-27-19-10-2-1-9-18(19)26(35-27)36-28-20-11-3-4-12-21(20)30(38-28)40-32(24)42-33/h17-33,35-42H,1-16,34H2. The minimum Gasteiger partial charge on any atom is -0.330 e. The van der Waals surface area contributed by atoms with E-state index in [4.69, 9.17) is 5.73 Å². The molecule has 8 bridgehead atoms. The van der Waals surface area contributed by atoms with Crippen molar-refractivity contribution in [2.45, 2.75) is 146 Å². The van der Waals surface area contributed by atoms with Crippen molar-refractivity contribution in [1.29, 1.82) is 0 Å². The highest BCUT2D eigenvalue weighted by Crippen LogP contribution is 2.46. The molecule has 5 heterocycles. The van der Waals surface area contributed by atoms with Gasteiger partial charge in [-0.1, -0.05) is 44.9 Å². The molecule has 4 saturated carbocycles. The van der Waals surface area contributed by atoms with Crippen molar-refractivity contribution in [3.8, 4) is 0 Å². The van der Waals surface area contributed by atoms with Crippen molar-refractivity contribution < 1.29 is 0 Å². The van der Waals surface area contributed by atoms with Gasteiger partial charge >= 0.3 is 0 Å². The first-order valence-electron chi connectivity index (χ1n) is 18.5. The third-order valence-corrected chi connectivity index (χ3v) is 14.3. The highest BCUT2D eigenvalue weighted by atomic mass is 15.4. The summed E-state index contributed by atoms with van der Waals surface area (Å²) >= 11 is 0. The Morgan fingerprint density at radius 1 is 0.333 bits per heavy atom. The van der Waals surface area contributed by atoms with Crippen molar-refractivity contribution in [3.63, 3.8) is 0 Å². The maximum Gasteiger partial charge on any atom is 0.0631 e. The van der Waals surface area contributed by atoms with Gasteiger partial charge in [0, 0.05) is 0 Å². The summed E-state index contributed by atoms with van der Waals surface area (Å²) in [4.78, 5) is 0.